The fraction of sp³-hybridized carbons (Fsp3) is 1.00. The van der Waals surface area contributed by atoms with E-state index >= 15 is 0 Å². The third-order valence-corrected chi connectivity index (χ3v) is 19.2. The average molecular weight is 1910 g/mol. The maximum atomic E-state index is 10.3. The van der Waals surface area contributed by atoms with Crippen LogP contribution in [0.15, 0.2) is 0 Å². The van der Waals surface area contributed by atoms with Crippen molar-refractivity contribution >= 4 is 0 Å². The third-order valence-electron chi connectivity index (χ3n) is 19.2. The van der Waals surface area contributed by atoms with E-state index in [9.17, 15) is 46.0 Å². The molecule has 0 aromatic rings. The van der Waals surface area contributed by atoms with Gasteiger partial charge in [-0.15, -0.1) is 0 Å². The zero-order chi connectivity index (χ0) is 98.5. The van der Waals surface area contributed by atoms with Gasteiger partial charge in [-0.25, -0.2) is 0 Å². The number of aliphatic hydroxyl groups excluding tert-OH is 9. The second-order valence-electron chi connectivity index (χ2n) is 36.4. The van der Waals surface area contributed by atoms with E-state index in [1.165, 1.54) is 0 Å². The van der Waals surface area contributed by atoms with Crippen molar-refractivity contribution in [3.8, 4) is 0 Å². The smallest absolute Gasteiger partial charge is 0.187 e. The first-order chi connectivity index (χ1) is 61.8. The Morgan fingerprint density at radius 2 is 0.359 bits per heavy atom. The van der Waals surface area contributed by atoms with Crippen LogP contribution in [0.5, 0.6) is 0 Å². The largest absolute Gasteiger partial charge is 0.391 e. The molecule has 786 valence electrons. The van der Waals surface area contributed by atoms with E-state index in [2.05, 4.69) is 0 Å². The van der Waals surface area contributed by atoms with Crippen molar-refractivity contribution in [1.29, 1.82) is 0 Å². The summed E-state index contributed by atoms with van der Waals surface area (Å²) in [5.41, 5.74) is 0. The summed E-state index contributed by atoms with van der Waals surface area (Å²) in [6.45, 7) is 48.0. The van der Waals surface area contributed by atoms with Crippen LogP contribution in [0.3, 0.4) is 0 Å². The van der Waals surface area contributed by atoms with Gasteiger partial charge < -0.3 is 183 Å². The molecule has 0 aromatic carbocycles. The molecule has 0 saturated carbocycles. The van der Waals surface area contributed by atoms with Crippen molar-refractivity contribution in [1.82, 2.24) is 0 Å². The summed E-state index contributed by atoms with van der Waals surface area (Å²) in [6.07, 6.45) is -27.9. The highest BCUT2D eigenvalue weighted by atomic mass is 16.8. The molecule has 0 aliphatic carbocycles. The lowest BCUT2D eigenvalue weighted by Crippen LogP contribution is -2.65. The quantitative estimate of drug-likeness (QED) is 0.0379. The fourth-order valence-corrected chi connectivity index (χ4v) is 12.0. The van der Waals surface area contributed by atoms with E-state index in [0.717, 1.165) is 0 Å². The average Bonchev–Trinajstić information content (AvgIpc) is 0.777. The van der Waals surface area contributed by atoms with Gasteiger partial charge in [0.05, 0.1) is 363 Å². The van der Waals surface area contributed by atoms with E-state index < -0.39 is 220 Å². The number of rotatable bonds is 89. The lowest BCUT2D eigenvalue weighted by molar-refractivity contribution is -0.352. The fourth-order valence-electron chi connectivity index (χ4n) is 12.0. The SMILES string of the molecule is CC(O)COC(C)COC(C)COC[C@H](OCC(C)OCC(C)OCC(C)O)[C@@H](OCC(C)OCC(C)OCC(C)O)[C@H](O[C@@H]1O[C@H](COCC(C)OCC(C)OCC(C)O)[C@H](OCC(C)OCC(C)OCC(C)O)[C@H](OCC(C)OCC(C)OCC(C)O)[C@H]1OCC(C)OCC(C)OCC(C)O)[C@@H](COCC(C)OCC(C)OCC(C)O)OCC(C)OCC(C)OCC(C)O. The minimum atomic E-state index is -1.60. The van der Waals surface area contributed by atoms with Crippen molar-refractivity contribution < 1.29 is 183 Å². The molecule has 27 unspecified atom stereocenters. The van der Waals surface area contributed by atoms with Gasteiger partial charge in [0, 0.05) is 0 Å². The first-order valence-corrected chi connectivity index (χ1v) is 47.8. The van der Waals surface area contributed by atoms with Gasteiger partial charge >= 0.3 is 0 Å². The molecule has 0 amide bonds. The normalized spacial score (nSPS) is 23.2. The second-order valence-corrected chi connectivity index (χ2v) is 36.4. The molecule has 1 saturated heterocycles. The third kappa shape index (κ3) is 69.1. The van der Waals surface area contributed by atoms with Crippen molar-refractivity contribution in [3.63, 3.8) is 0 Å². The molecule has 38 nitrogen and oxygen atoms in total. The molecule has 38 heteroatoms. The number of hydrogen-bond acceptors (Lipinski definition) is 38. The highest BCUT2D eigenvalue weighted by Gasteiger charge is 2.53. The molecule has 36 atom stereocenters. The van der Waals surface area contributed by atoms with Crippen LogP contribution >= 0.6 is 0 Å². The Labute approximate surface area is 785 Å². The monoisotopic (exact) mass is 1910 g/mol. The molecule has 0 radical (unpaired) electrons. The maximum absolute atomic E-state index is 10.3. The van der Waals surface area contributed by atoms with Gasteiger partial charge in [-0.1, -0.05) is 0 Å². The van der Waals surface area contributed by atoms with Gasteiger partial charge in [-0.05, 0) is 187 Å². The van der Waals surface area contributed by atoms with Gasteiger partial charge in [-0.3, -0.25) is 0 Å². The second kappa shape index (κ2) is 76.2. The summed E-state index contributed by atoms with van der Waals surface area (Å²) < 4.78 is 191. The van der Waals surface area contributed by atoms with Crippen molar-refractivity contribution in [3.05, 3.63) is 0 Å². The van der Waals surface area contributed by atoms with Crippen LogP contribution in [0.25, 0.3) is 0 Å². The minimum absolute atomic E-state index is 0.00259. The van der Waals surface area contributed by atoms with Gasteiger partial charge in [0.1, 0.15) is 48.8 Å². The van der Waals surface area contributed by atoms with Crippen LogP contribution in [0.4, 0.5) is 0 Å². The number of aliphatic hydroxyl groups is 9. The van der Waals surface area contributed by atoms with Gasteiger partial charge in [0.2, 0.25) is 0 Å². The van der Waals surface area contributed by atoms with Gasteiger partial charge in [0.25, 0.3) is 0 Å². The minimum Gasteiger partial charge on any atom is -0.391 e. The molecule has 1 rings (SSSR count). The summed E-state index contributed by atoms with van der Waals surface area (Å²) in [7, 11) is 0. The summed E-state index contributed by atoms with van der Waals surface area (Å²) >= 11 is 0. The lowest BCUT2D eigenvalue weighted by Gasteiger charge is -2.48. The zero-order valence-corrected chi connectivity index (χ0v) is 84.9. The lowest BCUT2D eigenvalue weighted by atomic mass is 9.97. The predicted octanol–water partition coefficient (Wildman–Crippen LogP) is 5.18. The highest BCUT2D eigenvalue weighted by molar-refractivity contribution is 4.97. The Bertz CT molecular complexity index is 2560. The molecule has 9 N–H and O–H groups in total. The molecule has 0 spiro atoms. The first kappa shape index (κ1) is 127. The van der Waals surface area contributed by atoms with Crippen LogP contribution in [-0.2, 0) is 137 Å². The Morgan fingerprint density at radius 1 is 0.176 bits per heavy atom. The standard InChI is InChI=1S/C93H186O38/c1-58(94)28-106-70(13)40-115-67(10)37-103-55-85(124-49-79(22)118-43-73(16)109-31-61(4)97)88(126-51-81(24)120-45-75(18)111-33-63(6)99)90(86(125-50-80(23)119-44-74(17)110-32-62(5)98)56-104-38-68(11)116-41-71(14)107-29-59(2)95)131-93-92(129-54-84(27)123-48-78(21)114-36-66(9)102)91(128-53-83(26)122-47-77(20)113-35-65(8)101)89(127-52-82(25)121-46-76(19)112-34-64(7)100)87(130-93)57-105-39-69(12)117-42-72(15)108-30-60(3)96/h58-102H,28-57H2,1-27H3/t58?,59?,60?,61?,62?,63?,64?,65?,66?,67?,68?,69?,70?,71?,72?,73?,74?,75?,76?,77?,78?,79?,80?,81?,82?,83?,84?,85-,86+,87+,88+,89-,90+,91-,92+,93-/m0/s1. The molecule has 0 bridgehead atoms. The van der Waals surface area contributed by atoms with Crippen LogP contribution in [0.1, 0.15) is 187 Å². The first-order valence-electron chi connectivity index (χ1n) is 47.8. The maximum Gasteiger partial charge on any atom is 0.187 e. The summed E-state index contributed by atoms with van der Waals surface area (Å²) in [6, 6.07) is 0. The molecule has 1 heterocycles. The molecular weight excluding hydrogens is 1720 g/mol. The highest BCUT2D eigenvalue weighted by Crippen LogP contribution is 2.34. The van der Waals surface area contributed by atoms with E-state index in [1.807, 2.05) is 125 Å². The van der Waals surface area contributed by atoms with E-state index in [1.54, 1.807) is 62.3 Å². The van der Waals surface area contributed by atoms with Crippen LogP contribution in [0.2, 0.25) is 0 Å². The molecular formula is C93H186O38. The Balaban J connectivity index is 5.22. The summed E-state index contributed by atoms with van der Waals surface area (Å²) in [5, 5.41) is 91.5. The molecule has 0 aromatic heterocycles. The summed E-state index contributed by atoms with van der Waals surface area (Å²) in [4.78, 5) is 0. The van der Waals surface area contributed by atoms with Crippen molar-refractivity contribution in [2.75, 3.05) is 198 Å². The van der Waals surface area contributed by atoms with E-state index in [4.69, 9.17) is 137 Å². The molecule has 131 heavy (non-hydrogen) atoms. The van der Waals surface area contributed by atoms with E-state index in [0.29, 0.717) is 0 Å². The molecule has 1 aliphatic rings. The van der Waals surface area contributed by atoms with Gasteiger partial charge in [0.15, 0.2) is 6.29 Å². The Morgan fingerprint density at radius 3 is 0.603 bits per heavy atom. The van der Waals surface area contributed by atoms with Crippen molar-refractivity contribution in [2.45, 2.75) is 407 Å². The predicted molar refractivity (Wildman–Crippen MR) is 487 cm³/mol. The van der Waals surface area contributed by atoms with E-state index in [-0.39, 0.29) is 198 Å². The number of hydrogen-bond donors (Lipinski definition) is 9. The van der Waals surface area contributed by atoms with Crippen molar-refractivity contribution in [2.24, 2.45) is 0 Å². The Hall–Kier alpha value is -1.52. The zero-order valence-electron chi connectivity index (χ0n) is 84.9. The number of ether oxygens (including phenoxy) is 29. The topological polar surface area (TPSA) is 450 Å². The molecule has 1 fully saturated rings. The van der Waals surface area contributed by atoms with Crippen LogP contribution < -0.4 is 0 Å². The molecule has 1 aliphatic heterocycles. The van der Waals surface area contributed by atoms with Gasteiger partial charge in [-0.2, -0.15) is 0 Å². The van der Waals surface area contributed by atoms with Crippen LogP contribution in [-0.4, -0.2) is 464 Å². The Kier molecular flexibility index (Phi) is 74.2. The van der Waals surface area contributed by atoms with Crippen LogP contribution in [0, 0.1) is 0 Å². The summed E-state index contributed by atoms with van der Waals surface area (Å²) in [5.74, 6) is 0.